The van der Waals surface area contributed by atoms with Gasteiger partial charge in [-0.15, -0.1) is 0 Å². The summed E-state index contributed by atoms with van der Waals surface area (Å²) in [5.74, 6) is 0. The quantitative estimate of drug-likeness (QED) is 0.214. The summed E-state index contributed by atoms with van der Waals surface area (Å²) in [4.78, 5) is 35.3. The van der Waals surface area contributed by atoms with Crippen molar-refractivity contribution in [2.45, 2.75) is 77.0 Å². The van der Waals surface area contributed by atoms with Crippen molar-refractivity contribution >= 4 is 7.82 Å². The molecule has 1 aliphatic heterocycles. The first-order valence-corrected chi connectivity index (χ1v) is 9.77. The molecule has 1 heterocycles. The van der Waals surface area contributed by atoms with E-state index >= 15 is 0 Å². The molecule has 1 fully saturated rings. The van der Waals surface area contributed by atoms with Crippen molar-refractivity contribution in [3.05, 3.63) is 0 Å². The molecule has 8 nitrogen and oxygen atoms in total. The van der Waals surface area contributed by atoms with Crippen LogP contribution in [-0.4, -0.2) is 13.2 Å². The molecule has 12 heteroatoms. The maximum absolute atomic E-state index is 8.55. The van der Waals surface area contributed by atoms with Crippen molar-refractivity contribution in [1.82, 2.24) is 0 Å². The van der Waals surface area contributed by atoms with Gasteiger partial charge in [-0.05, 0) is 22.9 Å². The summed E-state index contributed by atoms with van der Waals surface area (Å²) in [5.41, 5.74) is 0. The van der Waals surface area contributed by atoms with Crippen LogP contribution in [0.2, 0.25) is 0 Å². The average Bonchev–Trinajstić information content (AvgIpc) is 2.46. The molecular formula is C14H28Na3O8P. The molecule has 0 bridgehead atoms. The zero-order valence-corrected chi connectivity index (χ0v) is 23.5. The Morgan fingerprint density at radius 1 is 0.500 bits per heavy atom. The fraction of sp³-hybridized carbons (Fsp3) is 1.00. The van der Waals surface area contributed by atoms with Crippen LogP contribution in [0.1, 0.15) is 77.0 Å². The minimum absolute atomic E-state index is 0. The summed E-state index contributed by atoms with van der Waals surface area (Å²) in [6.45, 7) is 1.15. The van der Waals surface area contributed by atoms with Gasteiger partial charge in [0.2, 0.25) is 0 Å². The Labute approximate surface area is 223 Å². The Morgan fingerprint density at radius 2 is 0.692 bits per heavy atom. The fourth-order valence-electron chi connectivity index (χ4n) is 2.20. The van der Waals surface area contributed by atoms with E-state index < -0.39 is 7.82 Å². The molecular weight excluding hydrogens is 396 g/mol. The van der Waals surface area contributed by atoms with Gasteiger partial charge in [0.1, 0.15) is 0 Å². The summed E-state index contributed by atoms with van der Waals surface area (Å²) in [5, 5.41) is 8.91. The summed E-state index contributed by atoms with van der Waals surface area (Å²) in [6, 6.07) is 0. The molecule has 0 amide bonds. The van der Waals surface area contributed by atoms with E-state index in [4.69, 9.17) is 29.0 Å². The average molecular weight is 424 g/mol. The van der Waals surface area contributed by atoms with Gasteiger partial charge in [-0.1, -0.05) is 64.2 Å². The minimum atomic E-state index is -5.39. The van der Waals surface area contributed by atoms with Gasteiger partial charge in [-0.25, -0.2) is 9.78 Å². The first kappa shape index (κ1) is 36.3. The standard InChI is InChI=1S/C14H28O4.3Na.H3O4P/c1-2-4-6-8-10-12-14-16-18-17-15-13-11-9-7-5-3-1;;;;1-5(2,3)4/h1-14H2;;;;(H3,1,2,3,4)/q;3*+1;/p-3. The van der Waals surface area contributed by atoms with Crippen LogP contribution in [0.3, 0.4) is 0 Å². The van der Waals surface area contributed by atoms with Gasteiger partial charge in [0.15, 0.2) is 0 Å². The van der Waals surface area contributed by atoms with Crippen molar-refractivity contribution in [2.75, 3.05) is 13.2 Å². The van der Waals surface area contributed by atoms with Crippen molar-refractivity contribution in [2.24, 2.45) is 0 Å². The SMILES string of the molecule is C1CCCCCCCOOOOCCCCCC1.O=P([O-])([O-])[O-].[Na+].[Na+].[Na+]. The van der Waals surface area contributed by atoms with Crippen LogP contribution < -0.4 is 103 Å². The van der Waals surface area contributed by atoms with Crippen molar-refractivity contribution in [3.63, 3.8) is 0 Å². The minimum Gasteiger partial charge on any atom is -0.822 e. The molecule has 0 radical (unpaired) electrons. The largest absolute Gasteiger partial charge is 1.00 e. The molecule has 0 aliphatic carbocycles. The van der Waals surface area contributed by atoms with E-state index in [1.54, 1.807) is 0 Å². The molecule has 1 saturated heterocycles. The van der Waals surface area contributed by atoms with E-state index in [-0.39, 0.29) is 88.7 Å². The van der Waals surface area contributed by atoms with Gasteiger partial charge in [-0.3, -0.25) is 0 Å². The molecule has 0 aromatic carbocycles. The van der Waals surface area contributed by atoms with Gasteiger partial charge in [-0.2, -0.15) is 7.82 Å². The third kappa shape index (κ3) is 41.3. The van der Waals surface area contributed by atoms with Gasteiger partial charge in [0, 0.05) is 0 Å². The second-order valence-electron chi connectivity index (χ2n) is 5.47. The molecule has 1 aliphatic rings. The monoisotopic (exact) mass is 424 g/mol. The Balaban J connectivity index is -0.000000268. The van der Waals surface area contributed by atoms with Gasteiger partial charge < -0.3 is 19.2 Å². The van der Waals surface area contributed by atoms with Gasteiger partial charge in [0.05, 0.1) is 13.2 Å². The second-order valence-corrected chi connectivity index (χ2v) is 6.36. The van der Waals surface area contributed by atoms with Crippen LogP contribution in [-0.2, 0) is 24.4 Å². The second kappa shape index (κ2) is 27.9. The van der Waals surface area contributed by atoms with Crippen LogP contribution in [0.25, 0.3) is 0 Å². The predicted octanol–water partition coefficient (Wildman–Crippen LogP) is -7.32. The number of phosphoric acid groups is 1. The molecule has 0 unspecified atom stereocenters. The van der Waals surface area contributed by atoms with E-state index in [9.17, 15) is 0 Å². The maximum Gasteiger partial charge on any atom is 1.00 e. The third-order valence-electron chi connectivity index (χ3n) is 3.33. The smallest absolute Gasteiger partial charge is 0.822 e. The Morgan fingerprint density at radius 3 is 0.923 bits per heavy atom. The third-order valence-corrected chi connectivity index (χ3v) is 3.33. The van der Waals surface area contributed by atoms with E-state index in [0.717, 1.165) is 12.8 Å². The molecule has 0 atom stereocenters. The summed E-state index contributed by atoms with van der Waals surface area (Å²) in [6.07, 6.45) is 15.3. The molecule has 0 spiro atoms. The molecule has 0 saturated carbocycles. The molecule has 0 aromatic rings. The normalized spacial score (nSPS) is 18.9. The first-order valence-electron chi connectivity index (χ1n) is 8.31. The Hall–Kier alpha value is 2.95. The molecule has 1 rings (SSSR count). The molecule has 0 aromatic heterocycles. The van der Waals surface area contributed by atoms with Crippen molar-refractivity contribution in [1.29, 1.82) is 0 Å². The van der Waals surface area contributed by atoms with E-state index in [2.05, 4.69) is 10.1 Å². The van der Waals surface area contributed by atoms with Gasteiger partial charge >= 0.3 is 88.7 Å². The van der Waals surface area contributed by atoms with Crippen molar-refractivity contribution in [3.8, 4) is 0 Å². The van der Waals surface area contributed by atoms with E-state index in [1.165, 1.54) is 64.2 Å². The summed E-state index contributed by atoms with van der Waals surface area (Å²) < 4.78 is 8.55. The number of rotatable bonds is 0. The Kier molecular flexibility index (Phi) is 39.1. The van der Waals surface area contributed by atoms with E-state index in [0.29, 0.717) is 13.2 Å². The summed E-state index contributed by atoms with van der Waals surface area (Å²) in [7, 11) is -5.39. The van der Waals surface area contributed by atoms with Crippen LogP contribution in [0.15, 0.2) is 0 Å². The van der Waals surface area contributed by atoms with Crippen molar-refractivity contribution < 1.29 is 128 Å². The molecule has 26 heavy (non-hydrogen) atoms. The zero-order chi connectivity index (χ0) is 17.2. The van der Waals surface area contributed by atoms with E-state index in [1.807, 2.05) is 0 Å². The molecule has 0 N–H and O–H groups in total. The maximum atomic E-state index is 8.55. The first-order chi connectivity index (χ1) is 11.0. The fourth-order valence-corrected chi connectivity index (χ4v) is 2.20. The predicted molar refractivity (Wildman–Crippen MR) is 77.1 cm³/mol. The summed E-state index contributed by atoms with van der Waals surface area (Å²) >= 11 is 0. The van der Waals surface area contributed by atoms with Crippen LogP contribution in [0.5, 0.6) is 0 Å². The molecule has 140 valence electrons. The topological polar surface area (TPSA) is 123 Å². The number of hydrogen-bond donors (Lipinski definition) is 0. The zero-order valence-electron chi connectivity index (χ0n) is 16.6. The van der Waals surface area contributed by atoms with Gasteiger partial charge in [0.25, 0.3) is 0 Å². The van der Waals surface area contributed by atoms with Crippen LogP contribution >= 0.6 is 7.82 Å². The number of hydrogen-bond acceptors (Lipinski definition) is 8. The Bertz CT molecular complexity index is 214. The van der Waals surface area contributed by atoms with Crippen LogP contribution in [0, 0.1) is 0 Å². The van der Waals surface area contributed by atoms with Crippen LogP contribution in [0.4, 0.5) is 0 Å².